The van der Waals surface area contributed by atoms with Gasteiger partial charge in [-0.15, -0.1) is 0 Å². The topological polar surface area (TPSA) is 44.4 Å². The van der Waals surface area contributed by atoms with Gasteiger partial charge in [0.1, 0.15) is 0 Å². The van der Waals surface area contributed by atoms with E-state index in [2.05, 4.69) is 29.6 Å². The molecule has 0 aliphatic carbocycles. The SMILES string of the molecule is CC(NCCCCN(C)C)C(=O)NC(C)(C)C. The molecule has 0 rings (SSSR count). The first-order chi connectivity index (χ1) is 7.72. The molecule has 2 N–H and O–H groups in total. The molecule has 0 spiro atoms. The first kappa shape index (κ1) is 16.4. The monoisotopic (exact) mass is 243 g/mol. The minimum atomic E-state index is -0.155. The van der Waals surface area contributed by atoms with Crippen molar-refractivity contribution in [3.63, 3.8) is 0 Å². The van der Waals surface area contributed by atoms with E-state index in [0.717, 1.165) is 25.9 Å². The smallest absolute Gasteiger partial charge is 0.237 e. The maximum atomic E-state index is 11.7. The van der Waals surface area contributed by atoms with Crippen LogP contribution in [0, 0.1) is 0 Å². The van der Waals surface area contributed by atoms with E-state index >= 15 is 0 Å². The molecule has 0 aromatic rings. The Labute approximate surface area is 106 Å². The molecule has 4 heteroatoms. The number of nitrogens with one attached hydrogen (secondary N) is 2. The third-order valence-electron chi connectivity index (χ3n) is 2.37. The van der Waals surface area contributed by atoms with Crippen molar-refractivity contribution in [2.24, 2.45) is 0 Å². The number of unbranched alkanes of at least 4 members (excludes halogenated alkanes) is 1. The minimum absolute atomic E-state index is 0.0742. The van der Waals surface area contributed by atoms with Crippen molar-refractivity contribution in [1.82, 2.24) is 15.5 Å². The average molecular weight is 243 g/mol. The second-order valence-electron chi connectivity index (χ2n) is 5.93. The summed E-state index contributed by atoms with van der Waals surface area (Å²) in [6.45, 7) is 9.89. The number of amides is 1. The lowest BCUT2D eigenvalue weighted by Crippen LogP contribution is -2.49. The molecule has 0 aromatic carbocycles. The van der Waals surface area contributed by atoms with Crippen molar-refractivity contribution in [1.29, 1.82) is 0 Å². The molecule has 0 aliphatic heterocycles. The number of carbonyl (C=O) groups excluding carboxylic acids is 1. The van der Waals surface area contributed by atoms with E-state index in [1.54, 1.807) is 0 Å². The summed E-state index contributed by atoms with van der Waals surface area (Å²) in [5.41, 5.74) is -0.155. The van der Waals surface area contributed by atoms with Crippen LogP contribution >= 0.6 is 0 Å². The first-order valence-electron chi connectivity index (χ1n) is 6.42. The summed E-state index contributed by atoms with van der Waals surface area (Å²) in [5.74, 6) is 0.0742. The Morgan fingerprint density at radius 3 is 2.29 bits per heavy atom. The Kier molecular flexibility index (Phi) is 7.39. The summed E-state index contributed by atoms with van der Waals surface area (Å²) in [4.78, 5) is 13.9. The molecule has 1 atom stereocenters. The molecule has 17 heavy (non-hydrogen) atoms. The fraction of sp³-hybridized carbons (Fsp3) is 0.923. The largest absolute Gasteiger partial charge is 0.350 e. The predicted octanol–water partition coefficient (Wildman–Crippen LogP) is 1.22. The van der Waals surface area contributed by atoms with Crippen molar-refractivity contribution >= 4 is 5.91 Å². The van der Waals surface area contributed by atoms with Crippen LogP contribution in [0.5, 0.6) is 0 Å². The van der Waals surface area contributed by atoms with Crippen LogP contribution in [0.25, 0.3) is 0 Å². The lowest BCUT2D eigenvalue weighted by molar-refractivity contribution is -0.124. The normalized spacial score (nSPS) is 13.8. The van der Waals surface area contributed by atoms with Gasteiger partial charge in [-0.25, -0.2) is 0 Å². The van der Waals surface area contributed by atoms with Gasteiger partial charge < -0.3 is 15.5 Å². The van der Waals surface area contributed by atoms with E-state index < -0.39 is 0 Å². The van der Waals surface area contributed by atoms with Crippen LogP contribution in [-0.4, -0.2) is 49.6 Å². The number of nitrogens with zero attached hydrogens (tertiary/aromatic N) is 1. The van der Waals surface area contributed by atoms with Gasteiger partial charge in [0, 0.05) is 5.54 Å². The van der Waals surface area contributed by atoms with E-state index in [1.807, 2.05) is 27.7 Å². The van der Waals surface area contributed by atoms with Crippen LogP contribution < -0.4 is 10.6 Å². The Morgan fingerprint density at radius 1 is 1.24 bits per heavy atom. The Hall–Kier alpha value is -0.610. The highest BCUT2D eigenvalue weighted by atomic mass is 16.2. The van der Waals surface area contributed by atoms with Crippen molar-refractivity contribution in [2.45, 2.75) is 52.1 Å². The Morgan fingerprint density at radius 2 is 1.82 bits per heavy atom. The summed E-state index contributed by atoms with van der Waals surface area (Å²) in [6, 6.07) is -0.117. The molecule has 1 unspecified atom stereocenters. The van der Waals surface area contributed by atoms with Crippen LogP contribution in [-0.2, 0) is 4.79 Å². The number of hydrogen-bond acceptors (Lipinski definition) is 3. The molecule has 0 aromatic heterocycles. The van der Waals surface area contributed by atoms with Gasteiger partial charge in [0.2, 0.25) is 5.91 Å². The highest BCUT2D eigenvalue weighted by Gasteiger charge is 2.18. The van der Waals surface area contributed by atoms with Gasteiger partial charge in [-0.2, -0.15) is 0 Å². The molecular weight excluding hydrogens is 214 g/mol. The molecule has 0 bridgehead atoms. The van der Waals surface area contributed by atoms with Crippen molar-refractivity contribution in [2.75, 3.05) is 27.2 Å². The van der Waals surface area contributed by atoms with Crippen molar-refractivity contribution in [3.8, 4) is 0 Å². The molecule has 0 saturated carbocycles. The summed E-state index contributed by atoms with van der Waals surface area (Å²) in [7, 11) is 4.15. The van der Waals surface area contributed by atoms with E-state index in [9.17, 15) is 4.79 Å². The average Bonchev–Trinajstić information content (AvgIpc) is 2.13. The van der Waals surface area contributed by atoms with E-state index in [0.29, 0.717) is 0 Å². The summed E-state index contributed by atoms with van der Waals surface area (Å²) >= 11 is 0. The molecule has 102 valence electrons. The van der Waals surface area contributed by atoms with Crippen LogP contribution in [0.1, 0.15) is 40.5 Å². The molecule has 0 fully saturated rings. The van der Waals surface area contributed by atoms with Crippen molar-refractivity contribution in [3.05, 3.63) is 0 Å². The van der Waals surface area contributed by atoms with Crippen molar-refractivity contribution < 1.29 is 4.79 Å². The first-order valence-corrected chi connectivity index (χ1v) is 6.42. The third kappa shape index (κ3) is 10.3. The molecule has 0 heterocycles. The van der Waals surface area contributed by atoms with Crippen LogP contribution in [0.15, 0.2) is 0 Å². The summed E-state index contributed by atoms with van der Waals surface area (Å²) in [5, 5.41) is 6.22. The maximum absolute atomic E-state index is 11.7. The zero-order valence-corrected chi connectivity index (χ0v) is 12.3. The molecule has 0 saturated heterocycles. The standard InChI is InChI=1S/C13H29N3O/c1-11(12(17)15-13(2,3)4)14-9-7-8-10-16(5)6/h11,14H,7-10H2,1-6H3,(H,15,17). The van der Waals surface area contributed by atoms with E-state index in [1.165, 1.54) is 0 Å². The molecule has 1 amide bonds. The number of rotatable bonds is 7. The summed E-state index contributed by atoms with van der Waals surface area (Å²) < 4.78 is 0. The van der Waals surface area contributed by atoms with Crippen LogP contribution in [0.3, 0.4) is 0 Å². The van der Waals surface area contributed by atoms with Gasteiger partial charge >= 0.3 is 0 Å². The molecule has 0 radical (unpaired) electrons. The second kappa shape index (κ2) is 7.67. The lowest BCUT2D eigenvalue weighted by atomic mass is 10.1. The highest BCUT2D eigenvalue weighted by Crippen LogP contribution is 1.99. The second-order valence-corrected chi connectivity index (χ2v) is 5.93. The fourth-order valence-corrected chi connectivity index (χ4v) is 1.44. The van der Waals surface area contributed by atoms with Gasteiger partial charge in [-0.3, -0.25) is 4.79 Å². The number of carbonyl (C=O) groups is 1. The lowest BCUT2D eigenvalue weighted by Gasteiger charge is -2.23. The summed E-state index contributed by atoms with van der Waals surface area (Å²) in [6.07, 6.45) is 2.26. The molecule has 4 nitrogen and oxygen atoms in total. The molecular formula is C13H29N3O. The van der Waals surface area contributed by atoms with Gasteiger partial charge in [-0.05, 0) is 67.7 Å². The third-order valence-corrected chi connectivity index (χ3v) is 2.37. The molecule has 0 aliphatic rings. The Bertz CT molecular complexity index is 221. The van der Waals surface area contributed by atoms with E-state index in [4.69, 9.17) is 0 Å². The fourth-order valence-electron chi connectivity index (χ4n) is 1.44. The van der Waals surface area contributed by atoms with Crippen LogP contribution in [0.2, 0.25) is 0 Å². The predicted molar refractivity (Wildman–Crippen MR) is 73.1 cm³/mol. The zero-order chi connectivity index (χ0) is 13.5. The Balaban J connectivity index is 3.65. The van der Waals surface area contributed by atoms with E-state index in [-0.39, 0.29) is 17.5 Å². The van der Waals surface area contributed by atoms with Gasteiger partial charge in [0.05, 0.1) is 6.04 Å². The van der Waals surface area contributed by atoms with Crippen LogP contribution in [0.4, 0.5) is 0 Å². The quantitative estimate of drug-likeness (QED) is 0.661. The van der Waals surface area contributed by atoms with Gasteiger partial charge in [0.25, 0.3) is 0 Å². The maximum Gasteiger partial charge on any atom is 0.237 e. The minimum Gasteiger partial charge on any atom is -0.350 e. The zero-order valence-electron chi connectivity index (χ0n) is 12.3. The van der Waals surface area contributed by atoms with Gasteiger partial charge in [-0.1, -0.05) is 0 Å². The van der Waals surface area contributed by atoms with Gasteiger partial charge in [0.15, 0.2) is 0 Å². The highest BCUT2D eigenvalue weighted by molar-refractivity contribution is 5.81. The number of hydrogen-bond donors (Lipinski definition) is 2.